The number of hydrogen-bond donors (Lipinski definition) is 1. The average Bonchev–Trinajstić information content (AvgIpc) is 2.98. The van der Waals surface area contributed by atoms with Crippen molar-refractivity contribution in [1.82, 2.24) is 25.2 Å². The smallest absolute Gasteiger partial charge is 0.253 e. The van der Waals surface area contributed by atoms with Crippen LogP contribution in [0.1, 0.15) is 21.1 Å². The molecule has 3 aromatic heterocycles. The van der Waals surface area contributed by atoms with Gasteiger partial charge < -0.3 is 10.2 Å². The summed E-state index contributed by atoms with van der Waals surface area (Å²) in [6, 6.07) is 5.51. The molecule has 0 atom stereocenters. The van der Waals surface area contributed by atoms with Crippen molar-refractivity contribution in [3.63, 3.8) is 0 Å². The quantitative estimate of drug-likeness (QED) is 0.777. The maximum atomic E-state index is 12.2. The van der Waals surface area contributed by atoms with Crippen molar-refractivity contribution in [3.05, 3.63) is 52.2 Å². The van der Waals surface area contributed by atoms with E-state index in [0.29, 0.717) is 17.8 Å². The highest BCUT2D eigenvalue weighted by molar-refractivity contribution is 7.09. The van der Waals surface area contributed by atoms with Gasteiger partial charge >= 0.3 is 0 Å². The molecule has 0 aliphatic carbocycles. The van der Waals surface area contributed by atoms with Gasteiger partial charge in [0.2, 0.25) is 0 Å². The van der Waals surface area contributed by atoms with Gasteiger partial charge in [0.05, 0.1) is 17.8 Å². The molecule has 3 rings (SSSR count). The number of nitrogens with zero attached hydrogens (tertiary/aromatic N) is 4. The molecule has 0 aliphatic heterocycles. The summed E-state index contributed by atoms with van der Waals surface area (Å²) >= 11 is 1.55. The maximum Gasteiger partial charge on any atom is 0.253 e. The Morgan fingerprint density at radius 2 is 2.22 bits per heavy atom. The first-order chi connectivity index (χ1) is 11.1. The Morgan fingerprint density at radius 3 is 3.04 bits per heavy atom. The minimum atomic E-state index is -0.160. The Bertz CT molecular complexity index is 830. The fourth-order valence-corrected chi connectivity index (χ4v) is 2.90. The summed E-state index contributed by atoms with van der Waals surface area (Å²) in [7, 11) is 4.00. The minimum Gasteiger partial charge on any atom is -0.345 e. The molecule has 3 heterocycles. The van der Waals surface area contributed by atoms with Gasteiger partial charge in [-0.2, -0.15) is 0 Å². The van der Waals surface area contributed by atoms with E-state index in [1.165, 1.54) is 0 Å². The second-order valence-electron chi connectivity index (χ2n) is 5.43. The van der Waals surface area contributed by atoms with Crippen LogP contribution in [0.4, 0.5) is 0 Å². The summed E-state index contributed by atoms with van der Waals surface area (Å²) in [6.07, 6.45) is 3.23. The number of hydrogen-bond acceptors (Lipinski definition) is 6. The van der Waals surface area contributed by atoms with Gasteiger partial charge in [-0.25, -0.2) is 15.0 Å². The van der Waals surface area contributed by atoms with Crippen molar-refractivity contribution in [3.8, 4) is 0 Å². The molecule has 0 saturated carbocycles. The Kier molecular flexibility index (Phi) is 4.59. The fourth-order valence-electron chi connectivity index (χ4n) is 2.17. The van der Waals surface area contributed by atoms with Crippen molar-refractivity contribution in [2.24, 2.45) is 0 Å². The van der Waals surface area contributed by atoms with E-state index < -0.39 is 0 Å². The van der Waals surface area contributed by atoms with Crippen LogP contribution in [0.25, 0.3) is 11.0 Å². The highest BCUT2D eigenvalue weighted by Crippen LogP contribution is 2.12. The van der Waals surface area contributed by atoms with E-state index in [1.807, 2.05) is 31.6 Å². The molecule has 3 aromatic rings. The van der Waals surface area contributed by atoms with E-state index in [1.54, 1.807) is 29.8 Å². The molecule has 118 valence electrons. The number of carbonyl (C=O) groups is 1. The predicted octanol–water partition coefficient (Wildman–Crippen LogP) is 2.08. The SMILES string of the molecule is CN(C)Cc1csc(CNC(=O)c2cnc3ncccc3c2)n1. The largest absolute Gasteiger partial charge is 0.345 e. The summed E-state index contributed by atoms with van der Waals surface area (Å²) in [5, 5.41) is 6.64. The summed E-state index contributed by atoms with van der Waals surface area (Å²) in [4.78, 5) is 27.2. The molecule has 0 aliphatic rings. The number of rotatable bonds is 5. The van der Waals surface area contributed by atoms with Gasteiger partial charge in [-0.05, 0) is 32.3 Å². The van der Waals surface area contributed by atoms with Gasteiger partial charge in [0.15, 0.2) is 5.65 Å². The molecule has 0 fully saturated rings. The van der Waals surface area contributed by atoms with Crippen LogP contribution >= 0.6 is 11.3 Å². The standard InChI is InChI=1S/C16H17N5OS/c1-21(2)9-13-10-23-14(20-13)8-19-16(22)12-6-11-4-3-5-17-15(11)18-7-12/h3-7,10H,8-9H2,1-2H3,(H,19,22). The third-order valence-electron chi connectivity index (χ3n) is 3.19. The number of carbonyl (C=O) groups excluding carboxylic acids is 1. The van der Waals surface area contributed by atoms with E-state index in [9.17, 15) is 4.79 Å². The Morgan fingerprint density at radius 1 is 1.35 bits per heavy atom. The third-order valence-corrected chi connectivity index (χ3v) is 4.09. The van der Waals surface area contributed by atoms with E-state index in [-0.39, 0.29) is 5.91 Å². The monoisotopic (exact) mass is 327 g/mol. The molecule has 0 radical (unpaired) electrons. The lowest BCUT2D eigenvalue weighted by Crippen LogP contribution is -2.23. The lowest BCUT2D eigenvalue weighted by Gasteiger charge is -2.06. The molecule has 0 unspecified atom stereocenters. The Hall–Kier alpha value is -2.38. The van der Waals surface area contributed by atoms with Gasteiger partial charge in [-0.1, -0.05) is 0 Å². The zero-order valence-electron chi connectivity index (χ0n) is 13.0. The first kappa shape index (κ1) is 15.5. The molecule has 0 bridgehead atoms. The number of fused-ring (bicyclic) bond motifs is 1. The van der Waals surface area contributed by atoms with Crippen molar-refractivity contribution >= 4 is 28.3 Å². The van der Waals surface area contributed by atoms with Crippen molar-refractivity contribution in [2.75, 3.05) is 14.1 Å². The first-order valence-electron chi connectivity index (χ1n) is 7.19. The van der Waals surface area contributed by atoms with E-state index in [4.69, 9.17) is 0 Å². The van der Waals surface area contributed by atoms with E-state index >= 15 is 0 Å². The lowest BCUT2D eigenvalue weighted by molar-refractivity contribution is 0.0950. The van der Waals surface area contributed by atoms with Crippen molar-refractivity contribution in [1.29, 1.82) is 0 Å². The molecule has 1 amide bonds. The first-order valence-corrected chi connectivity index (χ1v) is 8.07. The van der Waals surface area contributed by atoms with Crippen LogP contribution in [0, 0.1) is 0 Å². The molecule has 1 N–H and O–H groups in total. The van der Waals surface area contributed by atoms with Crippen LogP contribution in [0.3, 0.4) is 0 Å². The van der Waals surface area contributed by atoms with Gasteiger partial charge in [0, 0.05) is 29.7 Å². The second kappa shape index (κ2) is 6.80. The number of pyridine rings is 2. The van der Waals surface area contributed by atoms with E-state index in [2.05, 4.69) is 25.2 Å². The molecule has 0 aromatic carbocycles. The zero-order chi connectivity index (χ0) is 16.2. The van der Waals surface area contributed by atoms with Crippen LogP contribution < -0.4 is 5.32 Å². The summed E-state index contributed by atoms with van der Waals surface area (Å²) in [5.41, 5.74) is 2.18. The Balaban J connectivity index is 1.65. The average molecular weight is 327 g/mol. The molecule has 6 nitrogen and oxygen atoms in total. The van der Waals surface area contributed by atoms with Crippen molar-refractivity contribution in [2.45, 2.75) is 13.1 Å². The topological polar surface area (TPSA) is 71.0 Å². The van der Waals surface area contributed by atoms with Crippen LogP contribution in [-0.2, 0) is 13.1 Å². The lowest BCUT2D eigenvalue weighted by atomic mass is 10.2. The fraction of sp³-hybridized carbons (Fsp3) is 0.250. The zero-order valence-corrected chi connectivity index (χ0v) is 13.8. The van der Waals surface area contributed by atoms with Gasteiger partial charge in [-0.15, -0.1) is 11.3 Å². The number of nitrogens with one attached hydrogen (secondary N) is 1. The number of thiazole rings is 1. The van der Waals surface area contributed by atoms with Crippen LogP contribution in [0.2, 0.25) is 0 Å². The van der Waals surface area contributed by atoms with Crippen LogP contribution in [0.15, 0.2) is 36.0 Å². The summed E-state index contributed by atoms with van der Waals surface area (Å²) < 4.78 is 0. The maximum absolute atomic E-state index is 12.2. The normalized spacial score (nSPS) is 11.1. The summed E-state index contributed by atoms with van der Waals surface area (Å²) in [6.45, 7) is 1.22. The third kappa shape index (κ3) is 3.88. The molecular weight excluding hydrogens is 310 g/mol. The van der Waals surface area contributed by atoms with Crippen LogP contribution in [-0.4, -0.2) is 39.9 Å². The Labute approximate surface area is 138 Å². The van der Waals surface area contributed by atoms with Gasteiger partial charge in [0.25, 0.3) is 5.91 Å². The second-order valence-corrected chi connectivity index (χ2v) is 6.37. The highest BCUT2D eigenvalue weighted by atomic mass is 32.1. The van der Waals surface area contributed by atoms with Crippen LogP contribution in [0.5, 0.6) is 0 Å². The molecule has 7 heteroatoms. The number of amides is 1. The van der Waals surface area contributed by atoms with Crippen molar-refractivity contribution < 1.29 is 4.79 Å². The van der Waals surface area contributed by atoms with Gasteiger partial charge in [0.1, 0.15) is 5.01 Å². The molecular formula is C16H17N5OS. The van der Waals surface area contributed by atoms with E-state index in [0.717, 1.165) is 22.6 Å². The predicted molar refractivity (Wildman–Crippen MR) is 90.2 cm³/mol. The molecule has 0 spiro atoms. The van der Waals surface area contributed by atoms with Gasteiger partial charge in [-0.3, -0.25) is 4.79 Å². The molecule has 0 saturated heterocycles. The highest BCUT2D eigenvalue weighted by Gasteiger charge is 2.09. The number of aromatic nitrogens is 3. The minimum absolute atomic E-state index is 0.160. The molecule has 23 heavy (non-hydrogen) atoms. The summed E-state index contributed by atoms with van der Waals surface area (Å²) in [5.74, 6) is -0.160.